The van der Waals surface area contributed by atoms with Gasteiger partial charge in [-0.25, -0.2) is 4.98 Å². The SMILES string of the molecule is CN(C)CCc1nc(-c2cccc(CN)c2)cs1. The Balaban J connectivity index is 2.13. The molecule has 0 saturated heterocycles. The Morgan fingerprint density at radius 3 is 2.89 bits per heavy atom. The summed E-state index contributed by atoms with van der Waals surface area (Å²) < 4.78 is 0. The first-order chi connectivity index (χ1) is 8.69. The van der Waals surface area contributed by atoms with Crippen LogP contribution in [-0.4, -0.2) is 30.5 Å². The van der Waals surface area contributed by atoms with Crippen molar-refractivity contribution in [3.05, 3.63) is 40.2 Å². The van der Waals surface area contributed by atoms with Crippen LogP contribution in [0, 0.1) is 0 Å². The number of hydrogen-bond acceptors (Lipinski definition) is 4. The second-order valence-corrected chi connectivity index (χ2v) is 5.53. The fraction of sp³-hybridized carbons (Fsp3) is 0.357. The van der Waals surface area contributed by atoms with E-state index in [4.69, 9.17) is 5.73 Å². The van der Waals surface area contributed by atoms with E-state index in [1.165, 1.54) is 5.01 Å². The van der Waals surface area contributed by atoms with Crippen LogP contribution in [0.2, 0.25) is 0 Å². The van der Waals surface area contributed by atoms with Crippen LogP contribution >= 0.6 is 11.3 Å². The van der Waals surface area contributed by atoms with Crippen molar-refractivity contribution in [1.29, 1.82) is 0 Å². The minimum Gasteiger partial charge on any atom is -0.326 e. The molecule has 0 aliphatic heterocycles. The molecule has 0 atom stereocenters. The minimum atomic E-state index is 0.575. The van der Waals surface area contributed by atoms with Crippen molar-refractivity contribution in [2.24, 2.45) is 5.73 Å². The molecule has 0 aliphatic carbocycles. The molecule has 0 bridgehead atoms. The fourth-order valence-electron chi connectivity index (χ4n) is 1.74. The van der Waals surface area contributed by atoms with Gasteiger partial charge in [0.05, 0.1) is 10.7 Å². The van der Waals surface area contributed by atoms with Gasteiger partial charge in [-0.15, -0.1) is 11.3 Å². The molecule has 1 heterocycles. The molecule has 0 amide bonds. The summed E-state index contributed by atoms with van der Waals surface area (Å²) in [6, 6.07) is 8.29. The van der Waals surface area contributed by atoms with E-state index >= 15 is 0 Å². The number of nitrogens with two attached hydrogens (primary N) is 1. The van der Waals surface area contributed by atoms with Crippen molar-refractivity contribution >= 4 is 11.3 Å². The van der Waals surface area contributed by atoms with Gasteiger partial charge in [0, 0.05) is 30.5 Å². The van der Waals surface area contributed by atoms with Crippen LogP contribution < -0.4 is 5.73 Å². The summed E-state index contributed by atoms with van der Waals surface area (Å²) in [5.74, 6) is 0. The van der Waals surface area contributed by atoms with Crippen molar-refractivity contribution in [3.8, 4) is 11.3 Å². The third-order valence-corrected chi connectivity index (χ3v) is 3.69. The summed E-state index contributed by atoms with van der Waals surface area (Å²) in [5.41, 5.74) is 9.03. The molecule has 2 N–H and O–H groups in total. The lowest BCUT2D eigenvalue weighted by Gasteiger charge is -2.06. The van der Waals surface area contributed by atoms with Crippen LogP contribution in [0.3, 0.4) is 0 Å². The zero-order chi connectivity index (χ0) is 13.0. The smallest absolute Gasteiger partial charge is 0.0945 e. The van der Waals surface area contributed by atoms with Crippen LogP contribution in [-0.2, 0) is 13.0 Å². The van der Waals surface area contributed by atoms with E-state index in [1.807, 2.05) is 12.1 Å². The molecule has 0 saturated carbocycles. The first-order valence-corrected chi connectivity index (χ1v) is 6.95. The topological polar surface area (TPSA) is 42.2 Å². The van der Waals surface area contributed by atoms with Crippen molar-refractivity contribution in [1.82, 2.24) is 9.88 Å². The van der Waals surface area contributed by atoms with Crippen LogP contribution in [0.1, 0.15) is 10.6 Å². The molecule has 0 spiro atoms. The van der Waals surface area contributed by atoms with Gasteiger partial charge in [-0.1, -0.05) is 18.2 Å². The molecular weight excluding hydrogens is 242 g/mol. The number of hydrogen-bond donors (Lipinski definition) is 1. The summed E-state index contributed by atoms with van der Waals surface area (Å²) in [6.45, 7) is 1.61. The van der Waals surface area contributed by atoms with Gasteiger partial charge in [-0.2, -0.15) is 0 Å². The van der Waals surface area contributed by atoms with Gasteiger partial charge < -0.3 is 10.6 Å². The molecule has 18 heavy (non-hydrogen) atoms. The van der Waals surface area contributed by atoms with Gasteiger partial charge in [0.1, 0.15) is 0 Å². The van der Waals surface area contributed by atoms with E-state index in [-0.39, 0.29) is 0 Å². The number of benzene rings is 1. The Morgan fingerprint density at radius 1 is 1.33 bits per heavy atom. The monoisotopic (exact) mass is 261 g/mol. The number of likely N-dealkylation sites (N-methyl/N-ethyl adjacent to an activating group) is 1. The highest BCUT2D eigenvalue weighted by Gasteiger charge is 2.05. The normalized spacial score (nSPS) is 11.1. The van der Waals surface area contributed by atoms with E-state index in [1.54, 1.807) is 11.3 Å². The van der Waals surface area contributed by atoms with E-state index in [0.29, 0.717) is 6.54 Å². The van der Waals surface area contributed by atoms with Crippen molar-refractivity contribution in [2.45, 2.75) is 13.0 Å². The summed E-state index contributed by atoms with van der Waals surface area (Å²) in [4.78, 5) is 6.86. The lowest BCUT2D eigenvalue weighted by Crippen LogP contribution is -2.14. The Morgan fingerprint density at radius 2 is 2.17 bits per heavy atom. The first-order valence-electron chi connectivity index (χ1n) is 6.07. The highest BCUT2D eigenvalue weighted by molar-refractivity contribution is 7.09. The van der Waals surface area contributed by atoms with Gasteiger partial charge in [0.2, 0.25) is 0 Å². The molecular formula is C14H19N3S. The van der Waals surface area contributed by atoms with Crippen molar-refractivity contribution < 1.29 is 0 Å². The Labute approximate surface area is 112 Å². The average molecular weight is 261 g/mol. The lowest BCUT2D eigenvalue weighted by molar-refractivity contribution is 0.413. The lowest BCUT2D eigenvalue weighted by atomic mass is 10.1. The summed E-state index contributed by atoms with van der Waals surface area (Å²) >= 11 is 1.73. The molecule has 2 aromatic rings. The summed E-state index contributed by atoms with van der Waals surface area (Å²) in [6.07, 6.45) is 1.01. The quantitative estimate of drug-likeness (QED) is 0.898. The Hall–Kier alpha value is -1.23. The van der Waals surface area contributed by atoms with Crippen LogP contribution in [0.5, 0.6) is 0 Å². The standard InChI is InChI=1S/C14H19N3S/c1-17(2)7-6-14-16-13(10-18-14)12-5-3-4-11(8-12)9-15/h3-5,8,10H,6-7,9,15H2,1-2H3. The van der Waals surface area contributed by atoms with Crippen LogP contribution in [0.4, 0.5) is 0 Å². The van der Waals surface area contributed by atoms with Crippen molar-refractivity contribution in [2.75, 3.05) is 20.6 Å². The molecule has 3 nitrogen and oxygen atoms in total. The van der Waals surface area contributed by atoms with Gasteiger partial charge in [-0.3, -0.25) is 0 Å². The average Bonchev–Trinajstić information content (AvgIpc) is 2.85. The van der Waals surface area contributed by atoms with Gasteiger partial charge in [0.25, 0.3) is 0 Å². The van der Waals surface area contributed by atoms with Crippen LogP contribution in [0.25, 0.3) is 11.3 Å². The van der Waals surface area contributed by atoms with Gasteiger partial charge in [0.15, 0.2) is 0 Å². The molecule has 1 aromatic carbocycles. The zero-order valence-corrected chi connectivity index (χ0v) is 11.7. The number of nitrogens with zero attached hydrogens (tertiary/aromatic N) is 2. The molecule has 0 radical (unpaired) electrons. The molecule has 4 heteroatoms. The Bertz CT molecular complexity index is 505. The van der Waals surface area contributed by atoms with E-state index in [9.17, 15) is 0 Å². The van der Waals surface area contributed by atoms with Crippen LogP contribution in [0.15, 0.2) is 29.6 Å². The molecule has 1 aromatic heterocycles. The molecule has 96 valence electrons. The highest BCUT2D eigenvalue weighted by atomic mass is 32.1. The third kappa shape index (κ3) is 3.38. The predicted octanol–water partition coefficient (Wildman–Crippen LogP) is 2.37. The maximum Gasteiger partial charge on any atom is 0.0945 e. The largest absolute Gasteiger partial charge is 0.326 e. The maximum atomic E-state index is 5.66. The molecule has 0 fully saturated rings. The van der Waals surface area contributed by atoms with Gasteiger partial charge >= 0.3 is 0 Å². The van der Waals surface area contributed by atoms with E-state index < -0.39 is 0 Å². The Kier molecular flexibility index (Phi) is 4.47. The molecule has 0 aliphatic rings. The fourth-order valence-corrected chi connectivity index (χ4v) is 2.53. The second-order valence-electron chi connectivity index (χ2n) is 4.58. The third-order valence-electron chi connectivity index (χ3n) is 2.78. The number of rotatable bonds is 5. The summed E-state index contributed by atoms with van der Waals surface area (Å²) in [5, 5.41) is 3.32. The summed E-state index contributed by atoms with van der Waals surface area (Å²) in [7, 11) is 4.17. The zero-order valence-electron chi connectivity index (χ0n) is 10.9. The molecule has 2 rings (SSSR count). The predicted molar refractivity (Wildman–Crippen MR) is 77.7 cm³/mol. The number of thiazole rings is 1. The van der Waals surface area contributed by atoms with Gasteiger partial charge in [-0.05, 0) is 25.7 Å². The maximum absolute atomic E-state index is 5.66. The van der Waals surface area contributed by atoms with E-state index in [2.05, 4.69) is 41.5 Å². The second kappa shape index (κ2) is 6.09. The first kappa shape index (κ1) is 13.2. The molecule has 0 unspecified atom stereocenters. The minimum absolute atomic E-state index is 0.575. The van der Waals surface area contributed by atoms with E-state index in [0.717, 1.165) is 29.8 Å². The highest BCUT2D eigenvalue weighted by Crippen LogP contribution is 2.23. The van der Waals surface area contributed by atoms with Crippen molar-refractivity contribution in [3.63, 3.8) is 0 Å². The number of aromatic nitrogens is 1.